The molecule has 0 amide bonds. The Balaban J connectivity index is 3.39. The van der Waals surface area contributed by atoms with Crippen molar-refractivity contribution < 1.29 is 0 Å². The van der Waals surface area contributed by atoms with Gasteiger partial charge < -0.3 is 5.32 Å². The van der Waals surface area contributed by atoms with Gasteiger partial charge in [-0.2, -0.15) is 0 Å². The van der Waals surface area contributed by atoms with Crippen molar-refractivity contribution in [2.24, 2.45) is 0 Å². The van der Waals surface area contributed by atoms with Gasteiger partial charge in [0.15, 0.2) is 5.15 Å². The van der Waals surface area contributed by atoms with Gasteiger partial charge in [0.05, 0.1) is 10.0 Å². The third-order valence-electron chi connectivity index (χ3n) is 1.22. The van der Waals surface area contributed by atoms with E-state index in [4.69, 9.17) is 46.4 Å². The fourth-order valence-electron chi connectivity index (χ4n) is 0.653. The molecular weight excluding hydrogens is 242 g/mol. The summed E-state index contributed by atoms with van der Waals surface area (Å²) in [6, 6.07) is 0. The minimum Gasteiger partial charge on any atom is -0.372 e. The molecule has 6 heteroatoms. The summed E-state index contributed by atoms with van der Waals surface area (Å²) in [4.78, 5) is 3.86. The average molecular weight is 246 g/mol. The van der Waals surface area contributed by atoms with Crippen LogP contribution in [-0.4, -0.2) is 12.0 Å². The number of halogens is 4. The average Bonchev–Trinajstić information content (AvgIpc) is 2.08. The van der Waals surface area contributed by atoms with Gasteiger partial charge in [-0.25, -0.2) is 4.98 Å². The van der Waals surface area contributed by atoms with Crippen LogP contribution in [0.2, 0.25) is 20.2 Å². The molecule has 1 N–H and O–H groups in total. The quantitative estimate of drug-likeness (QED) is 0.763. The van der Waals surface area contributed by atoms with Gasteiger partial charge in [0, 0.05) is 7.05 Å². The molecule has 12 heavy (non-hydrogen) atoms. The smallest absolute Gasteiger partial charge is 0.151 e. The third kappa shape index (κ3) is 1.72. The van der Waals surface area contributed by atoms with Crippen LogP contribution in [0.1, 0.15) is 0 Å². The summed E-state index contributed by atoms with van der Waals surface area (Å²) in [7, 11) is 1.66. The van der Waals surface area contributed by atoms with E-state index in [0.29, 0.717) is 5.82 Å². The molecular formula is C6H4Cl4N2. The maximum Gasteiger partial charge on any atom is 0.151 e. The largest absolute Gasteiger partial charge is 0.372 e. The Labute approximate surface area is 89.8 Å². The first-order valence-corrected chi connectivity index (χ1v) is 4.47. The second-order valence-corrected chi connectivity index (χ2v) is 3.44. The Morgan fingerprint density at radius 3 is 2.08 bits per heavy atom. The number of nitrogens with one attached hydrogen (secondary N) is 1. The molecule has 1 rings (SSSR count). The highest BCUT2D eigenvalue weighted by Crippen LogP contribution is 2.37. The first kappa shape index (κ1) is 10.2. The Hall–Kier alpha value is 0.110. The standard InChI is InChI=1S/C6H4Cl4N2/c1-11-6-4(9)2(7)3(8)5(10)12-6/h1H3,(H,11,12). The maximum atomic E-state index is 5.77. The van der Waals surface area contributed by atoms with Crippen LogP contribution in [0.5, 0.6) is 0 Å². The van der Waals surface area contributed by atoms with E-state index in [2.05, 4.69) is 10.3 Å². The molecule has 0 bridgehead atoms. The van der Waals surface area contributed by atoms with E-state index < -0.39 is 0 Å². The van der Waals surface area contributed by atoms with Gasteiger partial charge in [0.25, 0.3) is 0 Å². The number of rotatable bonds is 1. The number of hydrogen-bond acceptors (Lipinski definition) is 2. The molecule has 0 aliphatic heterocycles. The summed E-state index contributed by atoms with van der Waals surface area (Å²) in [6.07, 6.45) is 0. The Morgan fingerprint density at radius 1 is 1.00 bits per heavy atom. The van der Waals surface area contributed by atoms with Gasteiger partial charge in [-0.3, -0.25) is 0 Å². The number of anilines is 1. The van der Waals surface area contributed by atoms with Crippen LogP contribution in [-0.2, 0) is 0 Å². The number of pyridine rings is 1. The van der Waals surface area contributed by atoms with Gasteiger partial charge in [-0.1, -0.05) is 46.4 Å². The fraction of sp³-hybridized carbons (Fsp3) is 0.167. The normalized spacial score (nSPS) is 10.1. The lowest BCUT2D eigenvalue weighted by Crippen LogP contribution is -1.94. The SMILES string of the molecule is CNc1nc(Cl)c(Cl)c(Cl)c1Cl. The van der Waals surface area contributed by atoms with Gasteiger partial charge in [0.1, 0.15) is 10.8 Å². The van der Waals surface area contributed by atoms with E-state index in [1.807, 2.05) is 0 Å². The van der Waals surface area contributed by atoms with Crippen molar-refractivity contribution in [1.82, 2.24) is 4.98 Å². The second kappa shape index (κ2) is 3.88. The summed E-state index contributed by atoms with van der Waals surface area (Å²) in [5, 5.41) is 3.52. The fourth-order valence-corrected chi connectivity index (χ4v) is 1.48. The number of aromatic nitrogens is 1. The minimum atomic E-state index is 0.135. The maximum absolute atomic E-state index is 5.77. The van der Waals surface area contributed by atoms with Crippen LogP contribution >= 0.6 is 46.4 Å². The molecule has 0 aliphatic carbocycles. The Kier molecular flexibility index (Phi) is 3.29. The van der Waals surface area contributed by atoms with Gasteiger partial charge in [-0.05, 0) is 0 Å². The van der Waals surface area contributed by atoms with E-state index >= 15 is 0 Å². The summed E-state index contributed by atoms with van der Waals surface area (Å²) in [5.41, 5.74) is 0. The number of hydrogen-bond donors (Lipinski definition) is 1. The van der Waals surface area contributed by atoms with Crippen molar-refractivity contribution >= 4 is 52.2 Å². The van der Waals surface area contributed by atoms with Gasteiger partial charge in [0.2, 0.25) is 0 Å². The van der Waals surface area contributed by atoms with Crippen LogP contribution in [0.3, 0.4) is 0 Å². The molecule has 0 fully saturated rings. The summed E-state index contributed by atoms with van der Waals surface area (Å²) < 4.78 is 0. The van der Waals surface area contributed by atoms with Crippen molar-refractivity contribution in [2.45, 2.75) is 0 Å². The van der Waals surface area contributed by atoms with Crippen molar-refractivity contribution in [3.05, 3.63) is 20.2 Å². The lowest BCUT2D eigenvalue weighted by Gasteiger charge is -2.06. The molecule has 0 saturated carbocycles. The van der Waals surface area contributed by atoms with Crippen molar-refractivity contribution in [3.8, 4) is 0 Å². The highest BCUT2D eigenvalue weighted by atomic mass is 35.5. The van der Waals surface area contributed by atoms with E-state index in [9.17, 15) is 0 Å². The van der Waals surface area contributed by atoms with Crippen LogP contribution in [0.25, 0.3) is 0 Å². The molecule has 2 nitrogen and oxygen atoms in total. The molecule has 0 saturated heterocycles. The zero-order chi connectivity index (χ0) is 9.30. The molecule has 0 aliphatic rings. The predicted molar refractivity (Wildman–Crippen MR) is 53.8 cm³/mol. The van der Waals surface area contributed by atoms with Crippen LogP contribution in [0.4, 0.5) is 5.82 Å². The molecule has 0 radical (unpaired) electrons. The van der Waals surface area contributed by atoms with Crippen LogP contribution in [0.15, 0.2) is 0 Å². The molecule has 1 heterocycles. The lowest BCUT2D eigenvalue weighted by atomic mass is 10.4. The van der Waals surface area contributed by atoms with E-state index in [0.717, 1.165) is 0 Å². The van der Waals surface area contributed by atoms with Crippen molar-refractivity contribution in [1.29, 1.82) is 0 Å². The van der Waals surface area contributed by atoms with E-state index in [1.54, 1.807) is 7.05 Å². The summed E-state index contributed by atoms with van der Waals surface area (Å²) in [5.74, 6) is 0.413. The molecule has 1 aromatic rings. The first-order valence-electron chi connectivity index (χ1n) is 2.95. The zero-order valence-electron chi connectivity index (χ0n) is 5.96. The van der Waals surface area contributed by atoms with Gasteiger partial charge in [-0.15, -0.1) is 0 Å². The van der Waals surface area contributed by atoms with Crippen LogP contribution in [0, 0.1) is 0 Å². The topological polar surface area (TPSA) is 24.9 Å². The van der Waals surface area contributed by atoms with E-state index in [1.165, 1.54) is 0 Å². The predicted octanol–water partition coefficient (Wildman–Crippen LogP) is 3.74. The summed E-state index contributed by atoms with van der Waals surface area (Å²) in [6.45, 7) is 0. The second-order valence-electron chi connectivity index (χ2n) is 1.94. The monoisotopic (exact) mass is 244 g/mol. The molecule has 0 aromatic carbocycles. The van der Waals surface area contributed by atoms with Crippen molar-refractivity contribution in [2.75, 3.05) is 12.4 Å². The first-order chi connectivity index (χ1) is 5.57. The zero-order valence-corrected chi connectivity index (χ0v) is 8.98. The lowest BCUT2D eigenvalue weighted by molar-refractivity contribution is 1.29. The van der Waals surface area contributed by atoms with Crippen LogP contribution < -0.4 is 5.32 Å². The third-order valence-corrected chi connectivity index (χ3v) is 2.90. The van der Waals surface area contributed by atoms with Gasteiger partial charge >= 0.3 is 0 Å². The molecule has 0 atom stereocenters. The van der Waals surface area contributed by atoms with E-state index in [-0.39, 0.29) is 20.2 Å². The highest BCUT2D eigenvalue weighted by molar-refractivity contribution is 6.52. The minimum absolute atomic E-state index is 0.135. The highest BCUT2D eigenvalue weighted by Gasteiger charge is 2.13. The molecule has 0 spiro atoms. The van der Waals surface area contributed by atoms with Crippen molar-refractivity contribution in [3.63, 3.8) is 0 Å². The molecule has 0 unspecified atom stereocenters. The Bertz CT molecular complexity index is 313. The summed E-state index contributed by atoms with van der Waals surface area (Å²) >= 11 is 22.8. The molecule has 66 valence electrons. The molecule has 1 aromatic heterocycles. The number of nitrogens with zero attached hydrogens (tertiary/aromatic N) is 1. The Morgan fingerprint density at radius 2 is 1.58 bits per heavy atom.